The highest BCUT2D eigenvalue weighted by molar-refractivity contribution is 5.92. The fourth-order valence-corrected chi connectivity index (χ4v) is 2.81. The van der Waals surface area contributed by atoms with Crippen molar-refractivity contribution in [1.29, 1.82) is 0 Å². The minimum absolute atomic E-state index is 0.0913. The van der Waals surface area contributed by atoms with Crippen molar-refractivity contribution in [1.82, 2.24) is 5.32 Å². The van der Waals surface area contributed by atoms with Crippen LogP contribution < -0.4 is 10.2 Å². The zero-order chi connectivity index (χ0) is 19.8. The number of rotatable bonds is 8. The number of hydrogen-bond acceptors (Lipinski definition) is 2. The van der Waals surface area contributed by atoms with Gasteiger partial charge in [-0.05, 0) is 47.7 Å². The van der Waals surface area contributed by atoms with Gasteiger partial charge in [0.2, 0.25) is 11.8 Å². The van der Waals surface area contributed by atoms with E-state index in [9.17, 15) is 14.0 Å². The maximum atomic E-state index is 12.9. The van der Waals surface area contributed by atoms with Gasteiger partial charge in [-0.25, -0.2) is 4.39 Å². The first-order valence-electron chi connectivity index (χ1n) is 9.26. The second-order valence-corrected chi connectivity index (χ2v) is 6.89. The summed E-state index contributed by atoms with van der Waals surface area (Å²) in [5, 5.41) is 2.84. The zero-order valence-electron chi connectivity index (χ0n) is 16.2. The van der Waals surface area contributed by atoms with E-state index >= 15 is 0 Å². The molecular weight excluding hydrogens is 343 g/mol. The summed E-state index contributed by atoms with van der Waals surface area (Å²) in [6.45, 7) is 6.55. The number of nitrogens with zero attached hydrogens (tertiary/aromatic N) is 1. The number of halogens is 1. The monoisotopic (exact) mass is 370 g/mol. The van der Waals surface area contributed by atoms with E-state index in [1.807, 2.05) is 24.3 Å². The van der Waals surface area contributed by atoms with E-state index in [1.54, 1.807) is 17.0 Å². The summed E-state index contributed by atoms with van der Waals surface area (Å²) < 4.78 is 12.9. The molecule has 0 saturated heterocycles. The molecule has 0 aromatic heterocycles. The van der Waals surface area contributed by atoms with Crippen molar-refractivity contribution in [3.05, 3.63) is 65.5 Å². The van der Waals surface area contributed by atoms with Gasteiger partial charge in [0.25, 0.3) is 0 Å². The van der Waals surface area contributed by atoms with Crippen LogP contribution in [0.1, 0.15) is 44.2 Å². The molecule has 144 valence electrons. The third kappa shape index (κ3) is 6.51. The summed E-state index contributed by atoms with van der Waals surface area (Å²) in [5.74, 6) is -0.0428. The molecule has 0 atom stereocenters. The van der Waals surface area contributed by atoms with Crippen LogP contribution >= 0.6 is 0 Å². The van der Waals surface area contributed by atoms with Crippen LogP contribution in [0.3, 0.4) is 0 Å². The predicted octanol–water partition coefficient (Wildman–Crippen LogP) is 4.05. The van der Waals surface area contributed by atoms with E-state index in [2.05, 4.69) is 19.2 Å². The van der Waals surface area contributed by atoms with E-state index < -0.39 is 0 Å². The van der Waals surface area contributed by atoms with Gasteiger partial charge in [-0.2, -0.15) is 0 Å². The van der Waals surface area contributed by atoms with Gasteiger partial charge in [-0.15, -0.1) is 0 Å². The molecule has 5 heteroatoms. The van der Waals surface area contributed by atoms with E-state index in [1.165, 1.54) is 24.6 Å². The van der Waals surface area contributed by atoms with Gasteiger partial charge in [0.1, 0.15) is 5.82 Å². The first-order chi connectivity index (χ1) is 12.9. The van der Waals surface area contributed by atoms with Crippen LogP contribution in [0.2, 0.25) is 0 Å². The van der Waals surface area contributed by atoms with Crippen LogP contribution in [-0.2, 0) is 16.0 Å². The van der Waals surface area contributed by atoms with Gasteiger partial charge in [-0.1, -0.05) is 38.1 Å². The zero-order valence-corrected chi connectivity index (χ0v) is 16.2. The van der Waals surface area contributed by atoms with Crippen LogP contribution in [0.5, 0.6) is 0 Å². The normalized spacial score (nSPS) is 10.7. The maximum absolute atomic E-state index is 12.9. The van der Waals surface area contributed by atoms with Crippen LogP contribution in [0, 0.1) is 5.82 Å². The van der Waals surface area contributed by atoms with E-state index in [-0.39, 0.29) is 24.1 Å². The molecular formula is C22H27FN2O2. The van der Waals surface area contributed by atoms with Crippen molar-refractivity contribution < 1.29 is 14.0 Å². The molecule has 0 bridgehead atoms. The molecule has 2 rings (SSSR count). The topological polar surface area (TPSA) is 49.4 Å². The van der Waals surface area contributed by atoms with Crippen molar-refractivity contribution >= 4 is 17.5 Å². The van der Waals surface area contributed by atoms with Gasteiger partial charge in [-0.3, -0.25) is 9.59 Å². The van der Waals surface area contributed by atoms with Crippen molar-refractivity contribution in [2.24, 2.45) is 0 Å². The van der Waals surface area contributed by atoms with Crippen LogP contribution in [0.25, 0.3) is 0 Å². The molecule has 2 aromatic rings. The quantitative estimate of drug-likeness (QED) is 0.762. The van der Waals surface area contributed by atoms with Gasteiger partial charge in [0.05, 0.1) is 0 Å². The predicted molar refractivity (Wildman–Crippen MR) is 106 cm³/mol. The Balaban J connectivity index is 1.83. The van der Waals surface area contributed by atoms with E-state index in [0.717, 1.165) is 11.3 Å². The number of nitrogens with one attached hydrogen (secondary N) is 1. The lowest BCUT2D eigenvalue weighted by molar-refractivity contribution is -0.121. The Bertz CT molecular complexity index is 755. The van der Waals surface area contributed by atoms with Crippen molar-refractivity contribution in [3.63, 3.8) is 0 Å². The van der Waals surface area contributed by atoms with Crippen LogP contribution in [0.15, 0.2) is 48.5 Å². The second-order valence-electron chi connectivity index (χ2n) is 6.89. The fourth-order valence-electron chi connectivity index (χ4n) is 2.81. The molecule has 0 fully saturated rings. The lowest BCUT2D eigenvalue weighted by atomic mass is 10.0. The van der Waals surface area contributed by atoms with Gasteiger partial charge in [0.15, 0.2) is 0 Å². The number of amides is 2. The number of carbonyl (C=O) groups is 2. The molecule has 0 aliphatic heterocycles. The summed E-state index contributed by atoms with van der Waals surface area (Å²) in [6, 6.07) is 14.1. The van der Waals surface area contributed by atoms with Crippen molar-refractivity contribution in [3.8, 4) is 0 Å². The lowest BCUT2D eigenvalue weighted by Gasteiger charge is -2.21. The third-order valence-electron chi connectivity index (χ3n) is 4.46. The Hall–Kier alpha value is -2.69. The molecule has 2 amide bonds. The molecule has 4 nitrogen and oxygen atoms in total. The molecule has 0 saturated carbocycles. The number of anilines is 1. The standard InChI is InChI=1S/C22H27FN2O2/c1-16(2)19-6-10-21(11-7-19)25(17(3)26)15-13-22(27)24-14-12-18-4-8-20(23)9-5-18/h4-11,16H,12-15H2,1-3H3,(H,24,27). The van der Waals surface area contributed by atoms with Gasteiger partial charge < -0.3 is 10.2 Å². The lowest BCUT2D eigenvalue weighted by Crippen LogP contribution is -2.34. The molecule has 27 heavy (non-hydrogen) atoms. The summed E-state index contributed by atoms with van der Waals surface area (Å²) in [6.07, 6.45) is 0.869. The Morgan fingerprint density at radius 2 is 1.67 bits per heavy atom. The molecule has 0 radical (unpaired) electrons. The largest absolute Gasteiger partial charge is 0.356 e. The minimum Gasteiger partial charge on any atom is -0.356 e. The van der Waals surface area contributed by atoms with E-state index in [4.69, 9.17) is 0 Å². The molecule has 2 aromatic carbocycles. The van der Waals surface area contributed by atoms with Crippen molar-refractivity contribution in [2.45, 2.75) is 39.5 Å². The molecule has 0 heterocycles. The number of hydrogen-bond donors (Lipinski definition) is 1. The SMILES string of the molecule is CC(=O)N(CCC(=O)NCCc1ccc(F)cc1)c1ccc(C(C)C)cc1. The van der Waals surface area contributed by atoms with Gasteiger partial charge >= 0.3 is 0 Å². The summed E-state index contributed by atoms with van der Waals surface area (Å²) in [5.41, 5.74) is 2.97. The van der Waals surface area contributed by atoms with Crippen molar-refractivity contribution in [2.75, 3.05) is 18.0 Å². The summed E-state index contributed by atoms with van der Waals surface area (Å²) in [7, 11) is 0. The number of benzene rings is 2. The molecule has 0 unspecified atom stereocenters. The Labute approximate surface area is 160 Å². The van der Waals surface area contributed by atoms with Gasteiger partial charge in [0, 0.05) is 32.1 Å². The highest BCUT2D eigenvalue weighted by Gasteiger charge is 2.13. The highest BCUT2D eigenvalue weighted by atomic mass is 19.1. The van der Waals surface area contributed by atoms with Crippen LogP contribution in [0.4, 0.5) is 10.1 Å². The Morgan fingerprint density at radius 1 is 1.04 bits per heavy atom. The van der Waals surface area contributed by atoms with Crippen LogP contribution in [-0.4, -0.2) is 24.9 Å². The maximum Gasteiger partial charge on any atom is 0.223 e. The average Bonchev–Trinajstić information content (AvgIpc) is 2.63. The molecule has 1 N–H and O–H groups in total. The minimum atomic E-state index is -0.270. The Kier molecular flexibility index (Phi) is 7.53. The average molecular weight is 370 g/mol. The highest BCUT2D eigenvalue weighted by Crippen LogP contribution is 2.20. The molecule has 0 aliphatic carbocycles. The van der Waals surface area contributed by atoms with E-state index in [0.29, 0.717) is 25.4 Å². The first kappa shape index (κ1) is 20.6. The summed E-state index contributed by atoms with van der Waals surface area (Å²) >= 11 is 0. The number of carbonyl (C=O) groups excluding carboxylic acids is 2. The smallest absolute Gasteiger partial charge is 0.223 e. The first-order valence-corrected chi connectivity index (χ1v) is 9.26. The fraction of sp³-hybridized carbons (Fsp3) is 0.364. The Morgan fingerprint density at radius 3 is 2.22 bits per heavy atom. The second kappa shape index (κ2) is 9.86. The molecule has 0 spiro atoms. The summed E-state index contributed by atoms with van der Waals surface area (Å²) in [4.78, 5) is 25.7. The third-order valence-corrected chi connectivity index (χ3v) is 4.46. The molecule has 0 aliphatic rings.